The number of nitrogens with zero attached hydrogens (tertiary/aromatic N) is 1. The normalized spacial score (nSPS) is 10.1. The van der Waals surface area contributed by atoms with E-state index in [4.69, 9.17) is 21.4 Å². The molecule has 104 valence electrons. The Bertz CT molecular complexity index is 479. The molecule has 0 spiro atoms. The van der Waals surface area contributed by atoms with Crippen LogP contribution in [0.3, 0.4) is 0 Å². The number of benzene rings is 1. The van der Waals surface area contributed by atoms with Crippen LogP contribution in [0.4, 0.5) is 10.5 Å². The van der Waals surface area contributed by atoms with Crippen molar-refractivity contribution in [2.75, 3.05) is 32.6 Å². The van der Waals surface area contributed by atoms with Crippen molar-refractivity contribution >= 4 is 29.3 Å². The maximum atomic E-state index is 11.8. The summed E-state index contributed by atoms with van der Waals surface area (Å²) >= 11 is 5.91. The summed E-state index contributed by atoms with van der Waals surface area (Å²) in [6, 6.07) is 3.77. The molecule has 0 unspecified atom stereocenters. The van der Waals surface area contributed by atoms with Crippen molar-refractivity contribution < 1.29 is 19.4 Å². The van der Waals surface area contributed by atoms with Crippen LogP contribution in [-0.2, 0) is 4.74 Å². The SMILES string of the molecule is COCCN(C)C(=O)Nc1ccc(C(=O)O)cc1Cl. The molecule has 2 N–H and O–H groups in total. The molecule has 7 heteroatoms. The molecule has 1 rings (SSSR count). The van der Waals surface area contributed by atoms with E-state index < -0.39 is 5.97 Å². The van der Waals surface area contributed by atoms with Crippen molar-refractivity contribution in [1.82, 2.24) is 4.90 Å². The van der Waals surface area contributed by atoms with Crippen LogP contribution < -0.4 is 5.32 Å². The minimum Gasteiger partial charge on any atom is -0.478 e. The number of nitrogens with one attached hydrogen (secondary N) is 1. The number of rotatable bonds is 5. The van der Waals surface area contributed by atoms with E-state index in [1.54, 1.807) is 14.2 Å². The Morgan fingerprint density at radius 2 is 2.16 bits per heavy atom. The number of halogens is 1. The number of carboxylic acids is 1. The quantitative estimate of drug-likeness (QED) is 0.869. The number of carbonyl (C=O) groups is 2. The minimum absolute atomic E-state index is 0.0655. The summed E-state index contributed by atoms with van der Waals surface area (Å²) in [5.74, 6) is -1.07. The maximum absolute atomic E-state index is 11.8. The minimum atomic E-state index is -1.07. The summed E-state index contributed by atoms with van der Waals surface area (Å²) in [5.41, 5.74) is 0.427. The van der Waals surface area contributed by atoms with Gasteiger partial charge < -0.3 is 20.1 Å². The van der Waals surface area contributed by atoms with E-state index in [9.17, 15) is 9.59 Å². The van der Waals surface area contributed by atoms with Gasteiger partial charge in [0.05, 0.1) is 22.9 Å². The molecule has 0 aliphatic carbocycles. The standard InChI is InChI=1S/C12H15ClN2O4/c1-15(5-6-19-2)12(18)14-10-4-3-8(11(16)17)7-9(10)13/h3-4,7H,5-6H2,1-2H3,(H,14,18)(H,16,17). The molecule has 2 amide bonds. The molecule has 0 bridgehead atoms. The van der Waals surface area contributed by atoms with Crippen LogP contribution in [0.5, 0.6) is 0 Å². The van der Waals surface area contributed by atoms with Crippen LogP contribution in [0.2, 0.25) is 5.02 Å². The summed E-state index contributed by atoms with van der Waals surface area (Å²) in [6.45, 7) is 0.864. The number of ether oxygens (including phenoxy) is 1. The van der Waals surface area contributed by atoms with E-state index in [1.165, 1.54) is 23.1 Å². The fourth-order valence-corrected chi connectivity index (χ4v) is 1.52. The van der Waals surface area contributed by atoms with Gasteiger partial charge in [0.25, 0.3) is 0 Å². The first-order chi connectivity index (χ1) is 8.95. The summed E-state index contributed by atoms with van der Waals surface area (Å²) in [5, 5.41) is 11.6. The molecule has 1 aromatic carbocycles. The second-order valence-corrected chi connectivity index (χ2v) is 4.25. The van der Waals surface area contributed by atoms with Gasteiger partial charge in [-0.15, -0.1) is 0 Å². The van der Waals surface area contributed by atoms with E-state index in [-0.39, 0.29) is 16.6 Å². The molecule has 0 aromatic heterocycles. The Hall–Kier alpha value is -1.79. The number of likely N-dealkylation sites (N-methyl/N-ethyl adjacent to an activating group) is 1. The highest BCUT2D eigenvalue weighted by molar-refractivity contribution is 6.34. The molecule has 0 heterocycles. The molecular weight excluding hydrogens is 272 g/mol. The third-order valence-electron chi connectivity index (χ3n) is 2.44. The van der Waals surface area contributed by atoms with Gasteiger partial charge in [-0.1, -0.05) is 11.6 Å². The summed E-state index contributed by atoms with van der Waals surface area (Å²) < 4.78 is 4.87. The zero-order chi connectivity index (χ0) is 14.4. The number of carboxylic acid groups (broad SMARTS) is 1. The van der Waals surface area contributed by atoms with Crippen LogP contribution >= 0.6 is 11.6 Å². The number of aromatic carboxylic acids is 1. The van der Waals surface area contributed by atoms with Crippen molar-refractivity contribution in [3.63, 3.8) is 0 Å². The smallest absolute Gasteiger partial charge is 0.335 e. The molecule has 6 nitrogen and oxygen atoms in total. The second kappa shape index (κ2) is 6.96. The molecule has 0 radical (unpaired) electrons. The van der Waals surface area contributed by atoms with Crippen molar-refractivity contribution in [3.8, 4) is 0 Å². The highest BCUT2D eigenvalue weighted by atomic mass is 35.5. The number of anilines is 1. The Balaban J connectivity index is 2.72. The highest BCUT2D eigenvalue weighted by Gasteiger charge is 2.12. The van der Waals surface area contributed by atoms with E-state index in [0.717, 1.165) is 0 Å². The van der Waals surface area contributed by atoms with Gasteiger partial charge in [-0.25, -0.2) is 9.59 Å². The first-order valence-corrected chi connectivity index (χ1v) is 5.87. The van der Waals surface area contributed by atoms with Crippen molar-refractivity contribution in [1.29, 1.82) is 0 Å². The van der Waals surface area contributed by atoms with Gasteiger partial charge in [0, 0.05) is 20.7 Å². The lowest BCUT2D eigenvalue weighted by Crippen LogP contribution is -2.33. The van der Waals surface area contributed by atoms with Gasteiger partial charge in [0.15, 0.2) is 0 Å². The zero-order valence-corrected chi connectivity index (χ0v) is 11.4. The van der Waals surface area contributed by atoms with Crippen LogP contribution in [0, 0.1) is 0 Å². The molecule has 0 atom stereocenters. The fourth-order valence-electron chi connectivity index (χ4n) is 1.29. The Morgan fingerprint density at radius 1 is 1.47 bits per heavy atom. The zero-order valence-electron chi connectivity index (χ0n) is 10.6. The predicted octanol–water partition coefficient (Wildman–Crippen LogP) is 2.15. The number of hydrogen-bond donors (Lipinski definition) is 2. The lowest BCUT2D eigenvalue weighted by atomic mass is 10.2. The summed E-state index contributed by atoms with van der Waals surface area (Å²) in [7, 11) is 3.17. The first kappa shape index (κ1) is 15.3. The van der Waals surface area contributed by atoms with E-state index in [1.807, 2.05) is 0 Å². The predicted molar refractivity (Wildman–Crippen MR) is 71.9 cm³/mol. The monoisotopic (exact) mass is 286 g/mol. The van der Waals surface area contributed by atoms with Crippen LogP contribution in [-0.4, -0.2) is 49.3 Å². The molecule has 0 saturated carbocycles. The topological polar surface area (TPSA) is 78.9 Å². The van der Waals surface area contributed by atoms with Gasteiger partial charge in [-0.05, 0) is 18.2 Å². The maximum Gasteiger partial charge on any atom is 0.335 e. The third kappa shape index (κ3) is 4.42. The Morgan fingerprint density at radius 3 is 2.68 bits per heavy atom. The molecule has 0 fully saturated rings. The van der Waals surface area contributed by atoms with Crippen LogP contribution in [0.15, 0.2) is 18.2 Å². The molecule has 0 saturated heterocycles. The molecule has 19 heavy (non-hydrogen) atoms. The average Bonchev–Trinajstić information content (AvgIpc) is 2.37. The van der Waals surface area contributed by atoms with Crippen LogP contribution in [0.25, 0.3) is 0 Å². The Kier molecular flexibility index (Phi) is 5.59. The van der Waals surface area contributed by atoms with Crippen molar-refractivity contribution in [2.45, 2.75) is 0 Å². The van der Waals surface area contributed by atoms with Gasteiger partial charge >= 0.3 is 12.0 Å². The van der Waals surface area contributed by atoms with E-state index >= 15 is 0 Å². The third-order valence-corrected chi connectivity index (χ3v) is 2.75. The van der Waals surface area contributed by atoms with Crippen molar-refractivity contribution in [2.24, 2.45) is 0 Å². The number of carbonyl (C=O) groups excluding carboxylic acids is 1. The lowest BCUT2D eigenvalue weighted by Gasteiger charge is -2.18. The first-order valence-electron chi connectivity index (χ1n) is 5.49. The molecule has 1 aromatic rings. The number of urea groups is 1. The van der Waals surface area contributed by atoms with E-state index in [0.29, 0.717) is 18.8 Å². The molecule has 0 aliphatic rings. The molecule has 0 aliphatic heterocycles. The number of amides is 2. The molecular formula is C12H15ClN2O4. The largest absolute Gasteiger partial charge is 0.478 e. The van der Waals surface area contributed by atoms with Gasteiger partial charge in [0.1, 0.15) is 0 Å². The van der Waals surface area contributed by atoms with E-state index in [2.05, 4.69) is 5.32 Å². The van der Waals surface area contributed by atoms with Gasteiger partial charge in [0.2, 0.25) is 0 Å². The summed E-state index contributed by atoms with van der Waals surface area (Å²) in [6.07, 6.45) is 0. The summed E-state index contributed by atoms with van der Waals surface area (Å²) in [4.78, 5) is 24.0. The van der Waals surface area contributed by atoms with Gasteiger partial charge in [-0.3, -0.25) is 0 Å². The average molecular weight is 287 g/mol. The Labute approximate surface area is 115 Å². The lowest BCUT2D eigenvalue weighted by molar-refractivity contribution is 0.0697. The number of methoxy groups -OCH3 is 1. The second-order valence-electron chi connectivity index (χ2n) is 3.84. The van der Waals surface area contributed by atoms with Crippen molar-refractivity contribution in [3.05, 3.63) is 28.8 Å². The number of hydrogen-bond acceptors (Lipinski definition) is 3. The van der Waals surface area contributed by atoms with Crippen LogP contribution in [0.1, 0.15) is 10.4 Å². The fraction of sp³-hybridized carbons (Fsp3) is 0.333. The van der Waals surface area contributed by atoms with Gasteiger partial charge in [-0.2, -0.15) is 0 Å². The highest BCUT2D eigenvalue weighted by Crippen LogP contribution is 2.23.